The van der Waals surface area contributed by atoms with Gasteiger partial charge < -0.3 is 5.32 Å². The van der Waals surface area contributed by atoms with E-state index in [4.69, 9.17) is 0 Å². The molecule has 2 heterocycles. The molecule has 1 fully saturated rings. The van der Waals surface area contributed by atoms with Gasteiger partial charge in [-0.15, -0.1) is 0 Å². The van der Waals surface area contributed by atoms with Crippen LogP contribution in [0.4, 0.5) is 8.78 Å². The maximum absolute atomic E-state index is 12.7. The van der Waals surface area contributed by atoms with E-state index in [0.717, 1.165) is 26.2 Å². The van der Waals surface area contributed by atoms with Crippen LogP contribution in [-0.2, 0) is 6.54 Å². The van der Waals surface area contributed by atoms with Gasteiger partial charge >= 0.3 is 0 Å². The summed E-state index contributed by atoms with van der Waals surface area (Å²) >= 11 is 0. The molecule has 0 unspecified atom stereocenters. The van der Waals surface area contributed by atoms with Gasteiger partial charge in [0.25, 0.3) is 6.43 Å². The van der Waals surface area contributed by atoms with Crippen molar-refractivity contribution in [1.82, 2.24) is 15.2 Å². The first-order valence-electron chi connectivity index (χ1n) is 5.42. The van der Waals surface area contributed by atoms with Crippen molar-refractivity contribution in [2.75, 3.05) is 26.2 Å². The van der Waals surface area contributed by atoms with Crippen molar-refractivity contribution in [2.45, 2.75) is 13.0 Å². The van der Waals surface area contributed by atoms with Crippen molar-refractivity contribution in [3.8, 4) is 0 Å². The SMILES string of the molecule is FC(F)c1ncccc1CN1CCNCC1. The van der Waals surface area contributed by atoms with Crippen LogP contribution < -0.4 is 5.32 Å². The molecule has 0 aromatic carbocycles. The molecule has 0 atom stereocenters. The van der Waals surface area contributed by atoms with Crippen LogP contribution in [0.25, 0.3) is 0 Å². The smallest absolute Gasteiger partial charge is 0.280 e. The molecule has 1 aliphatic rings. The Bertz CT molecular complexity index is 338. The summed E-state index contributed by atoms with van der Waals surface area (Å²) < 4.78 is 25.4. The first-order valence-corrected chi connectivity index (χ1v) is 5.42. The molecule has 88 valence electrons. The van der Waals surface area contributed by atoms with Gasteiger partial charge in [-0.1, -0.05) is 6.07 Å². The van der Waals surface area contributed by atoms with Crippen molar-refractivity contribution in [3.05, 3.63) is 29.6 Å². The predicted molar refractivity (Wildman–Crippen MR) is 57.3 cm³/mol. The number of rotatable bonds is 3. The molecular weight excluding hydrogens is 212 g/mol. The van der Waals surface area contributed by atoms with Gasteiger partial charge in [0.2, 0.25) is 0 Å². The average Bonchev–Trinajstić information content (AvgIpc) is 2.31. The van der Waals surface area contributed by atoms with Gasteiger partial charge in [0.1, 0.15) is 5.69 Å². The van der Waals surface area contributed by atoms with Crippen molar-refractivity contribution in [1.29, 1.82) is 0 Å². The number of hydrogen-bond donors (Lipinski definition) is 1. The van der Waals surface area contributed by atoms with Crippen LogP contribution in [0, 0.1) is 0 Å². The van der Waals surface area contributed by atoms with E-state index in [0.29, 0.717) is 12.1 Å². The molecule has 16 heavy (non-hydrogen) atoms. The number of pyridine rings is 1. The number of hydrogen-bond acceptors (Lipinski definition) is 3. The molecule has 2 rings (SSSR count). The normalized spacial score (nSPS) is 17.9. The third-order valence-corrected chi connectivity index (χ3v) is 2.74. The number of nitrogens with one attached hydrogen (secondary N) is 1. The topological polar surface area (TPSA) is 28.2 Å². The van der Waals surface area contributed by atoms with Crippen molar-refractivity contribution >= 4 is 0 Å². The summed E-state index contributed by atoms with van der Waals surface area (Å²) in [5.74, 6) is 0. The summed E-state index contributed by atoms with van der Waals surface area (Å²) in [5, 5.41) is 3.23. The van der Waals surface area contributed by atoms with Crippen LogP contribution in [0.2, 0.25) is 0 Å². The molecule has 3 nitrogen and oxygen atoms in total. The van der Waals surface area contributed by atoms with E-state index in [9.17, 15) is 8.78 Å². The maximum atomic E-state index is 12.7. The van der Waals surface area contributed by atoms with Gasteiger partial charge in [0.05, 0.1) is 0 Å². The number of piperazine rings is 1. The van der Waals surface area contributed by atoms with E-state index in [1.807, 2.05) is 0 Å². The molecule has 0 spiro atoms. The Hall–Kier alpha value is -1.07. The second-order valence-electron chi connectivity index (χ2n) is 3.87. The van der Waals surface area contributed by atoms with E-state index < -0.39 is 6.43 Å². The lowest BCUT2D eigenvalue weighted by Gasteiger charge is -2.27. The summed E-state index contributed by atoms with van der Waals surface area (Å²) in [5.41, 5.74) is 0.556. The van der Waals surface area contributed by atoms with Crippen LogP contribution in [0.3, 0.4) is 0 Å². The lowest BCUT2D eigenvalue weighted by atomic mass is 10.1. The highest BCUT2D eigenvalue weighted by atomic mass is 19.3. The zero-order chi connectivity index (χ0) is 11.4. The third kappa shape index (κ3) is 2.74. The molecule has 0 saturated carbocycles. The molecule has 0 radical (unpaired) electrons. The van der Waals surface area contributed by atoms with Crippen molar-refractivity contribution in [2.24, 2.45) is 0 Å². The van der Waals surface area contributed by atoms with Crippen molar-refractivity contribution < 1.29 is 8.78 Å². The fourth-order valence-electron chi connectivity index (χ4n) is 1.89. The summed E-state index contributed by atoms with van der Waals surface area (Å²) in [4.78, 5) is 5.92. The Labute approximate surface area is 93.5 Å². The van der Waals surface area contributed by atoms with E-state index in [2.05, 4.69) is 15.2 Å². The summed E-state index contributed by atoms with van der Waals surface area (Å²) in [6.07, 6.45) is -1.07. The van der Waals surface area contributed by atoms with Crippen LogP contribution in [-0.4, -0.2) is 36.1 Å². The minimum atomic E-state index is -2.49. The van der Waals surface area contributed by atoms with Crippen molar-refractivity contribution in [3.63, 3.8) is 0 Å². The molecule has 1 aliphatic heterocycles. The van der Waals surface area contributed by atoms with Gasteiger partial charge in [-0.05, 0) is 11.6 Å². The molecular formula is C11H15F2N3. The Morgan fingerprint density at radius 2 is 2.12 bits per heavy atom. The standard InChI is InChI=1S/C11H15F2N3/c12-11(13)10-9(2-1-3-15-10)8-16-6-4-14-5-7-16/h1-3,11,14H,4-8H2. The van der Waals surface area contributed by atoms with Crippen LogP contribution in [0.1, 0.15) is 17.7 Å². The quantitative estimate of drug-likeness (QED) is 0.846. The fraction of sp³-hybridized carbons (Fsp3) is 0.545. The van der Waals surface area contributed by atoms with E-state index in [1.54, 1.807) is 12.1 Å². The van der Waals surface area contributed by atoms with E-state index in [1.165, 1.54) is 6.20 Å². The molecule has 1 aromatic rings. The summed E-state index contributed by atoms with van der Waals surface area (Å²) in [7, 11) is 0. The predicted octanol–water partition coefficient (Wildman–Crippen LogP) is 1.42. The monoisotopic (exact) mass is 227 g/mol. The molecule has 1 aromatic heterocycles. The van der Waals surface area contributed by atoms with Gasteiger partial charge in [0, 0.05) is 38.9 Å². The number of halogens is 2. The Kier molecular flexibility index (Phi) is 3.79. The lowest BCUT2D eigenvalue weighted by Crippen LogP contribution is -2.43. The molecule has 0 aliphatic carbocycles. The van der Waals surface area contributed by atoms with Gasteiger partial charge in [-0.2, -0.15) is 0 Å². The Morgan fingerprint density at radius 3 is 2.81 bits per heavy atom. The van der Waals surface area contributed by atoms with E-state index in [-0.39, 0.29) is 5.69 Å². The zero-order valence-electron chi connectivity index (χ0n) is 9.00. The number of nitrogens with zero attached hydrogens (tertiary/aromatic N) is 2. The third-order valence-electron chi connectivity index (χ3n) is 2.74. The van der Waals surface area contributed by atoms with Crippen LogP contribution in [0.15, 0.2) is 18.3 Å². The van der Waals surface area contributed by atoms with Gasteiger partial charge in [0.15, 0.2) is 0 Å². The molecule has 1 saturated heterocycles. The van der Waals surface area contributed by atoms with Gasteiger partial charge in [-0.25, -0.2) is 8.78 Å². The second-order valence-corrected chi connectivity index (χ2v) is 3.87. The van der Waals surface area contributed by atoms with E-state index >= 15 is 0 Å². The zero-order valence-corrected chi connectivity index (χ0v) is 9.00. The average molecular weight is 227 g/mol. The second kappa shape index (κ2) is 5.32. The lowest BCUT2D eigenvalue weighted by molar-refractivity contribution is 0.142. The highest BCUT2D eigenvalue weighted by Crippen LogP contribution is 2.21. The number of alkyl halides is 2. The summed E-state index contributed by atoms with van der Waals surface area (Å²) in [6, 6.07) is 3.44. The molecule has 1 N–H and O–H groups in total. The summed E-state index contributed by atoms with van der Waals surface area (Å²) in [6.45, 7) is 4.21. The minimum absolute atomic E-state index is 0.0824. The van der Waals surface area contributed by atoms with Crippen LogP contribution >= 0.6 is 0 Å². The maximum Gasteiger partial charge on any atom is 0.280 e. The minimum Gasteiger partial charge on any atom is -0.314 e. The molecule has 0 amide bonds. The number of aromatic nitrogens is 1. The highest BCUT2D eigenvalue weighted by Gasteiger charge is 2.17. The molecule has 0 bridgehead atoms. The fourth-order valence-corrected chi connectivity index (χ4v) is 1.89. The highest BCUT2D eigenvalue weighted by molar-refractivity contribution is 5.20. The molecule has 5 heteroatoms. The largest absolute Gasteiger partial charge is 0.314 e. The first-order chi connectivity index (χ1) is 7.77. The van der Waals surface area contributed by atoms with Gasteiger partial charge in [-0.3, -0.25) is 9.88 Å². The first kappa shape index (κ1) is 11.4. The Morgan fingerprint density at radius 1 is 1.38 bits per heavy atom. The Balaban J connectivity index is 2.07. The van der Waals surface area contributed by atoms with Crippen LogP contribution in [0.5, 0.6) is 0 Å².